The smallest absolute Gasteiger partial charge is 0.184 e. The Kier molecular flexibility index (Phi) is 6.95. The zero-order valence-corrected chi connectivity index (χ0v) is 16.3. The predicted octanol–water partition coefficient (Wildman–Crippen LogP) is 2.98. The average molecular weight is 396 g/mol. The van der Waals surface area contributed by atoms with Crippen LogP contribution in [-0.2, 0) is 0 Å². The van der Waals surface area contributed by atoms with Crippen molar-refractivity contribution in [2.45, 2.75) is 44.6 Å². The van der Waals surface area contributed by atoms with Crippen molar-refractivity contribution in [3.63, 3.8) is 0 Å². The van der Waals surface area contributed by atoms with Gasteiger partial charge in [0.2, 0.25) is 0 Å². The standard InChI is InChI=1S/C19H27F2N5S/c20-16-11-14(13-23-24-19(22)27)12-17(21)18(16)26-9-7-25(8-10-26)15-5-3-1-2-4-6-15/h11-13,15H,1-10H2,(H3,22,24,27). The molecule has 1 heterocycles. The molecule has 3 rings (SSSR count). The molecular formula is C19H27F2N5S. The lowest BCUT2D eigenvalue weighted by atomic mass is 10.1. The Hall–Kier alpha value is -1.80. The van der Waals surface area contributed by atoms with Crippen LogP contribution in [0.15, 0.2) is 17.2 Å². The zero-order valence-electron chi connectivity index (χ0n) is 15.5. The van der Waals surface area contributed by atoms with Gasteiger partial charge in [-0.15, -0.1) is 0 Å². The lowest BCUT2D eigenvalue weighted by molar-refractivity contribution is 0.168. The van der Waals surface area contributed by atoms with Crippen molar-refractivity contribution in [2.75, 3.05) is 31.1 Å². The van der Waals surface area contributed by atoms with E-state index < -0.39 is 11.6 Å². The zero-order chi connectivity index (χ0) is 19.2. The first-order chi connectivity index (χ1) is 13.0. The van der Waals surface area contributed by atoms with Crippen LogP contribution in [0, 0.1) is 11.6 Å². The summed E-state index contributed by atoms with van der Waals surface area (Å²) in [5, 5.41) is 3.74. The maximum atomic E-state index is 14.6. The second-order valence-electron chi connectivity index (χ2n) is 7.24. The first-order valence-electron chi connectivity index (χ1n) is 9.61. The van der Waals surface area contributed by atoms with Crippen LogP contribution in [0.1, 0.15) is 44.1 Å². The number of hydrogen-bond acceptors (Lipinski definition) is 4. The van der Waals surface area contributed by atoms with Gasteiger partial charge in [-0.1, -0.05) is 25.7 Å². The Bertz CT molecular complexity index is 658. The first kappa shape index (κ1) is 19.9. The summed E-state index contributed by atoms with van der Waals surface area (Å²) in [4.78, 5) is 4.31. The second kappa shape index (κ2) is 9.41. The van der Waals surface area contributed by atoms with Crippen LogP contribution in [0.5, 0.6) is 0 Å². The number of piperazine rings is 1. The minimum absolute atomic E-state index is 0.00430. The fourth-order valence-electron chi connectivity index (χ4n) is 4.07. The Balaban J connectivity index is 1.63. The molecule has 8 heteroatoms. The van der Waals surface area contributed by atoms with E-state index in [2.05, 4.69) is 27.6 Å². The lowest BCUT2D eigenvalue weighted by Crippen LogP contribution is -2.50. The number of benzene rings is 1. The Labute approximate surface area is 164 Å². The summed E-state index contributed by atoms with van der Waals surface area (Å²) in [7, 11) is 0. The topological polar surface area (TPSA) is 56.9 Å². The van der Waals surface area contributed by atoms with Gasteiger partial charge in [0.1, 0.15) is 17.3 Å². The number of halogens is 2. The molecule has 0 radical (unpaired) electrons. The highest BCUT2D eigenvalue weighted by molar-refractivity contribution is 7.80. The normalized spacial score (nSPS) is 20.0. The number of nitrogens with zero attached hydrogens (tertiary/aromatic N) is 3. The second-order valence-corrected chi connectivity index (χ2v) is 7.68. The van der Waals surface area contributed by atoms with Crippen molar-refractivity contribution in [1.29, 1.82) is 0 Å². The van der Waals surface area contributed by atoms with Gasteiger partial charge in [-0.3, -0.25) is 10.3 Å². The van der Waals surface area contributed by atoms with E-state index in [1.165, 1.54) is 56.9 Å². The number of anilines is 1. The molecule has 1 saturated heterocycles. The number of nitrogens with one attached hydrogen (secondary N) is 1. The third-order valence-electron chi connectivity index (χ3n) is 5.40. The van der Waals surface area contributed by atoms with E-state index in [1.807, 2.05) is 4.90 Å². The highest BCUT2D eigenvalue weighted by Crippen LogP contribution is 2.28. The summed E-state index contributed by atoms with van der Waals surface area (Å²) in [6.45, 7) is 2.98. The molecule has 27 heavy (non-hydrogen) atoms. The fourth-order valence-corrected chi connectivity index (χ4v) is 4.12. The van der Waals surface area contributed by atoms with Crippen LogP contribution < -0.4 is 16.1 Å². The molecule has 0 unspecified atom stereocenters. The summed E-state index contributed by atoms with van der Waals surface area (Å²) >= 11 is 4.63. The van der Waals surface area contributed by atoms with Gasteiger partial charge in [-0.25, -0.2) is 8.78 Å². The monoisotopic (exact) mass is 395 g/mol. The van der Waals surface area contributed by atoms with Crippen molar-refractivity contribution >= 4 is 29.2 Å². The minimum atomic E-state index is -0.574. The molecule has 0 spiro atoms. The van der Waals surface area contributed by atoms with Crippen molar-refractivity contribution < 1.29 is 8.78 Å². The van der Waals surface area contributed by atoms with E-state index >= 15 is 0 Å². The summed E-state index contributed by atoms with van der Waals surface area (Å²) in [5.74, 6) is -1.15. The number of thiocarbonyl (C=S) groups is 1. The fraction of sp³-hybridized carbons (Fsp3) is 0.579. The Morgan fingerprint density at radius 1 is 1.07 bits per heavy atom. The molecule has 1 aliphatic carbocycles. The van der Waals surface area contributed by atoms with Gasteiger partial charge in [-0.05, 0) is 37.2 Å². The highest BCUT2D eigenvalue weighted by atomic mass is 32.1. The van der Waals surface area contributed by atoms with Gasteiger partial charge in [0, 0.05) is 37.8 Å². The van der Waals surface area contributed by atoms with Crippen LogP contribution in [0.3, 0.4) is 0 Å². The van der Waals surface area contributed by atoms with Crippen LogP contribution in [-0.4, -0.2) is 48.4 Å². The maximum Gasteiger partial charge on any atom is 0.184 e. The summed E-state index contributed by atoms with van der Waals surface area (Å²) < 4.78 is 29.1. The van der Waals surface area contributed by atoms with E-state index in [9.17, 15) is 8.78 Å². The molecule has 3 N–H and O–H groups in total. The summed E-state index contributed by atoms with van der Waals surface area (Å²) in [5.41, 5.74) is 7.99. The third kappa shape index (κ3) is 5.35. The minimum Gasteiger partial charge on any atom is -0.375 e. The molecule has 148 valence electrons. The predicted molar refractivity (Wildman–Crippen MR) is 109 cm³/mol. The Morgan fingerprint density at radius 3 is 2.22 bits per heavy atom. The summed E-state index contributed by atoms with van der Waals surface area (Å²) in [6, 6.07) is 3.19. The molecule has 1 aromatic rings. The van der Waals surface area contributed by atoms with Gasteiger partial charge in [-0.2, -0.15) is 5.10 Å². The summed E-state index contributed by atoms with van der Waals surface area (Å²) in [6.07, 6.45) is 9.03. The van der Waals surface area contributed by atoms with Gasteiger partial charge >= 0.3 is 0 Å². The SMILES string of the molecule is NC(=S)NN=Cc1cc(F)c(N2CCN(C3CCCCCC3)CC2)c(F)c1. The van der Waals surface area contributed by atoms with Gasteiger partial charge in [0.05, 0.1) is 6.21 Å². The van der Waals surface area contributed by atoms with E-state index in [0.717, 1.165) is 13.1 Å². The van der Waals surface area contributed by atoms with E-state index in [1.54, 1.807) is 0 Å². The van der Waals surface area contributed by atoms with Gasteiger partial charge in [0.15, 0.2) is 5.11 Å². The quantitative estimate of drug-likeness (QED) is 0.355. The number of hydrogen-bond donors (Lipinski definition) is 2. The lowest BCUT2D eigenvalue weighted by Gasteiger charge is -2.40. The molecular weight excluding hydrogens is 368 g/mol. The van der Waals surface area contributed by atoms with Gasteiger partial charge in [0.25, 0.3) is 0 Å². The molecule has 2 aliphatic rings. The number of rotatable bonds is 4. The van der Waals surface area contributed by atoms with Crippen molar-refractivity contribution in [3.8, 4) is 0 Å². The Morgan fingerprint density at radius 2 is 1.67 bits per heavy atom. The first-order valence-corrected chi connectivity index (χ1v) is 10.0. The largest absolute Gasteiger partial charge is 0.375 e. The van der Waals surface area contributed by atoms with E-state index in [4.69, 9.17) is 5.73 Å². The van der Waals surface area contributed by atoms with Crippen LogP contribution in [0.25, 0.3) is 0 Å². The number of nitrogens with two attached hydrogens (primary N) is 1. The molecule has 0 atom stereocenters. The molecule has 0 bridgehead atoms. The van der Waals surface area contributed by atoms with Crippen molar-refractivity contribution in [2.24, 2.45) is 10.8 Å². The van der Waals surface area contributed by atoms with Crippen molar-refractivity contribution in [3.05, 3.63) is 29.3 Å². The molecule has 0 amide bonds. The molecule has 5 nitrogen and oxygen atoms in total. The van der Waals surface area contributed by atoms with E-state index in [-0.39, 0.29) is 10.8 Å². The molecule has 1 aromatic carbocycles. The van der Waals surface area contributed by atoms with Gasteiger partial charge < -0.3 is 10.6 Å². The average Bonchev–Trinajstić information content (AvgIpc) is 2.91. The molecule has 1 aliphatic heterocycles. The molecule has 2 fully saturated rings. The van der Waals surface area contributed by atoms with E-state index in [0.29, 0.717) is 24.7 Å². The number of hydrazone groups is 1. The van der Waals surface area contributed by atoms with Crippen LogP contribution in [0.4, 0.5) is 14.5 Å². The maximum absolute atomic E-state index is 14.6. The van der Waals surface area contributed by atoms with Crippen molar-refractivity contribution in [1.82, 2.24) is 10.3 Å². The van der Waals surface area contributed by atoms with Crippen LogP contribution in [0.2, 0.25) is 0 Å². The molecule has 1 saturated carbocycles. The van der Waals surface area contributed by atoms with Crippen LogP contribution >= 0.6 is 12.2 Å². The highest BCUT2D eigenvalue weighted by Gasteiger charge is 2.27. The third-order valence-corrected chi connectivity index (χ3v) is 5.49. The molecule has 0 aromatic heterocycles.